The van der Waals surface area contributed by atoms with E-state index in [9.17, 15) is 23.6 Å². The van der Waals surface area contributed by atoms with E-state index in [4.69, 9.17) is 37.5 Å². The molecule has 0 radical (unpaired) electrons. The molecule has 0 aliphatic rings. The Hall–Kier alpha value is -1.28. The third kappa shape index (κ3) is 10.3. The topological polar surface area (TPSA) is 258 Å². The maximum absolute atomic E-state index is 11.8. The number of carbonyl (C=O) groups excluding carboxylic acids is 2. The van der Waals surface area contributed by atoms with Gasteiger partial charge in [0.15, 0.2) is 0 Å². The highest BCUT2D eigenvalue weighted by Crippen LogP contribution is 2.58. The van der Waals surface area contributed by atoms with Crippen LogP contribution in [0.2, 0.25) is 0 Å². The van der Waals surface area contributed by atoms with Crippen molar-refractivity contribution in [1.29, 1.82) is 0 Å². The van der Waals surface area contributed by atoms with Crippen LogP contribution in [0.25, 0.3) is 0 Å². The minimum Gasteiger partial charge on any atom is -0.350 e. The molecule has 4 atom stereocenters. The molecule has 0 aromatic rings. The van der Waals surface area contributed by atoms with Crippen molar-refractivity contribution in [2.45, 2.75) is 57.7 Å². The van der Waals surface area contributed by atoms with Crippen molar-refractivity contribution in [1.82, 2.24) is 10.0 Å². The molecular weight excluding hydrogens is 422 g/mol. The monoisotopic (exact) mass is 450 g/mol. The highest BCUT2D eigenvalue weighted by Gasteiger charge is 2.36. The highest BCUT2D eigenvalue weighted by atomic mass is 31.3. The molecule has 0 fully saturated rings. The Bertz CT molecular complexity index is 632. The fourth-order valence-corrected chi connectivity index (χ4v) is 4.21. The second-order valence-electron chi connectivity index (χ2n) is 6.02. The van der Waals surface area contributed by atoms with Crippen LogP contribution in [0, 0.1) is 0 Å². The molecule has 17 heteroatoms. The summed E-state index contributed by atoms with van der Waals surface area (Å²) >= 11 is 0. The van der Waals surface area contributed by atoms with Crippen LogP contribution in [-0.2, 0) is 18.0 Å². The number of urea groups is 2. The van der Waals surface area contributed by atoms with Crippen LogP contribution in [0.5, 0.6) is 0 Å². The summed E-state index contributed by atoms with van der Waals surface area (Å²) in [6.07, 6.45) is -0.727. The largest absolute Gasteiger partial charge is 0.481 e. The van der Waals surface area contributed by atoms with E-state index in [0.29, 0.717) is 16.4 Å². The summed E-state index contributed by atoms with van der Waals surface area (Å²) < 4.78 is 31.2. The van der Waals surface area contributed by atoms with Crippen LogP contribution in [0.4, 0.5) is 9.59 Å². The van der Waals surface area contributed by atoms with Crippen molar-refractivity contribution in [3.05, 3.63) is 0 Å². The lowest BCUT2D eigenvalue weighted by Crippen LogP contribution is -2.54. The zero-order valence-corrected chi connectivity index (χ0v) is 17.2. The van der Waals surface area contributed by atoms with Crippen LogP contribution in [0.1, 0.15) is 39.5 Å². The molecule has 0 bridgehead atoms. The highest BCUT2D eigenvalue weighted by molar-refractivity contribution is 7.60. The molecule has 0 heterocycles. The lowest BCUT2D eigenvalue weighted by Gasteiger charge is -2.33. The van der Waals surface area contributed by atoms with Gasteiger partial charge < -0.3 is 26.1 Å². The lowest BCUT2D eigenvalue weighted by molar-refractivity contribution is 0.0801. The van der Waals surface area contributed by atoms with Gasteiger partial charge in [0.05, 0.1) is 12.1 Å². The van der Waals surface area contributed by atoms with Crippen molar-refractivity contribution in [2.75, 3.05) is 0 Å². The predicted molar refractivity (Wildman–Crippen MR) is 96.4 cm³/mol. The Morgan fingerprint density at radius 2 is 1.54 bits per heavy atom. The normalized spacial score (nSPS) is 17.2. The first-order valence-corrected chi connectivity index (χ1v) is 11.1. The summed E-state index contributed by atoms with van der Waals surface area (Å²) in [5.74, 6) is 11.1. The molecular formula is C11H28N6O9P2. The number of hydrogen-bond acceptors (Lipinski definition) is 8. The van der Waals surface area contributed by atoms with Gasteiger partial charge in [-0.25, -0.2) is 30.4 Å². The molecule has 15 nitrogen and oxygen atoms in total. The number of nitrogens with zero attached hydrogens (tertiary/aromatic N) is 2. The minimum absolute atomic E-state index is 0.0302. The Morgan fingerprint density at radius 1 is 1.04 bits per heavy atom. The Labute approximate surface area is 161 Å². The lowest BCUT2D eigenvalue weighted by atomic mass is 9.99. The summed E-state index contributed by atoms with van der Waals surface area (Å²) in [6, 6.07) is -3.61. The number of amides is 4. The van der Waals surface area contributed by atoms with Crippen LogP contribution in [0.15, 0.2) is 0 Å². The first kappa shape index (κ1) is 26.7. The third-order valence-electron chi connectivity index (χ3n) is 3.63. The fourth-order valence-electron chi connectivity index (χ4n) is 2.41. The van der Waals surface area contributed by atoms with Gasteiger partial charge in [-0.1, -0.05) is 13.3 Å². The van der Waals surface area contributed by atoms with Crippen molar-refractivity contribution < 1.29 is 42.2 Å². The number of hydrogen-bond donors (Lipinski definition) is 7. The van der Waals surface area contributed by atoms with Crippen LogP contribution in [0.3, 0.4) is 0 Å². The number of phosphoric ester groups is 1. The smallest absolute Gasteiger partial charge is 0.350 e. The summed E-state index contributed by atoms with van der Waals surface area (Å²) in [5.41, 5.74) is 10.2. The molecule has 0 aliphatic carbocycles. The molecule has 28 heavy (non-hydrogen) atoms. The van der Waals surface area contributed by atoms with E-state index in [1.165, 1.54) is 6.92 Å². The van der Waals surface area contributed by atoms with Crippen molar-refractivity contribution >= 4 is 27.7 Å². The van der Waals surface area contributed by atoms with E-state index in [-0.39, 0.29) is 19.3 Å². The summed E-state index contributed by atoms with van der Waals surface area (Å²) in [5, 5.41) is 1.33. The second kappa shape index (κ2) is 11.0. The van der Waals surface area contributed by atoms with Crippen LogP contribution < -0.4 is 23.2 Å². The van der Waals surface area contributed by atoms with Gasteiger partial charge in [-0.05, 0) is 26.2 Å². The zero-order valence-electron chi connectivity index (χ0n) is 15.4. The molecule has 4 amide bonds. The molecule has 0 aromatic carbocycles. The average Bonchev–Trinajstić information content (AvgIpc) is 2.49. The van der Waals surface area contributed by atoms with E-state index < -0.39 is 45.9 Å². The van der Waals surface area contributed by atoms with Gasteiger partial charge in [-0.2, -0.15) is 4.31 Å². The molecule has 0 saturated carbocycles. The van der Waals surface area contributed by atoms with Crippen molar-refractivity contribution in [3.63, 3.8) is 0 Å². The first-order chi connectivity index (χ1) is 12.6. The van der Waals surface area contributed by atoms with Crippen molar-refractivity contribution in [2.24, 2.45) is 23.2 Å². The van der Waals surface area contributed by atoms with Crippen LogP contribution >= 0.6 is 15.6 Å². The standard InChI is InChI=1S/C11H28N6O9P2/c1-3-4-9(25-28(23,24)26-27(20,21)22)6-8(17(15)11(13)19)5-7(2)16(14)10(12)18/h7-9H,3-6,14-15H2,1-2H3,(H2,12,18)(H2,13,19)(H,23,24)(H2,20,21,22). The Morgan fingerprint density at radius 3 is 1.93 bits per heavy atom. The second-order valence-corrected chi connectivity index (χ2v) is 8.80. The average molecular weight is 450 g/mol. The molecule has 166 valence electrons. The third-order valence-corrected chi connectivity index (χ3v) is 5.87. The minimum atomic E-state index is -5.30. The van der Waals surface area contributed by atoms with E-state index in [0.717, 1.165) is 0 Å². The number of carbonyl (C=O) groups is 2. The number of rotatable bonds is 12. The van der Waals surface area contributed by atoms with Gasteiger partial charge >= 0.3 is 27.7 Å². The first-order valence-electron chi connectivity index (χ1n) is 8.04. The SMILES string of the molecule is CCCC(CC(CC(C)N(N)C(N)=O)N(N)C(N)=O)OP(=O)(O)OP(=O)(O)O. The van der Waals surface area contributed by atoms with E-state index in [1.54, 1.807) is 6.92 Å². The summed E-state index contributed by atoms with van der Waals surface area (Å²) in [7, 11) is -10.4. The van der Waals surface area contributed by atoms with E-state index in [1.807, 2.05) is 0 Å². The van der Waals surface area contributed by atoms with Gasteiger partial charge in [0, 0.05) is 6.04 Å². The Balaban J connectivity index is 5.44. The molecule has 0 aromatic heterocycles. The maximum atomic E-state index is 11.8. The van der Waals surface area contributed by atoms with Gasteiger partial charge in [-0.3, -0.25) is 14.5 Å². The predicted octanol–water partition coefficient (Wildman–Crippen LogP) is -0.572. The molecule has 11 N–H and O–H groups in total. The van der Waals surface area contributed by atoms with Gasteiger partial charge in [0.25, 0.3) is 0 Å². The van der Waals surface area contributed by atoms with Gasteiger partial charge in [0.2, 0.25) is 0 Å². The van der Waals surface area contributed by atoms with Crippen LogP contribution in [-0.4, -0.2) is 54.9 Å². The van der Waals surface area contributed by atoms with Gasteiger partial charge in [-0.15, -0.1) is 0 Å². The zero-order chi connectivity index (χ0) is 22.3. The van der Waals surface area contributed by atoms with E-state index in [2.05, 4.69) is 4.31 Å². The Kier molecular flexibility index (Phi) is 10.5. The number of phosphoric acid groups is 2. The molecule has 4 unspecified atom stereocenters. The number of primary amides is 2. The quantitative estimate of drug-likeness (QED) is 0.0856. The number of hydrazine groups is 2. The summed E-state index contributed by atoms with van der Waals surface area (Å²) in [6.45, 7) is 3.22. The fraction of sp³-hybridized carbons (Fsp3) is 0.818. The molecule has 0 spiro atoms. The molecule has 0 aliphatic heterocycles. The van der Waals surface area contributed by atoms with Gasteiger partial charge in [0.1, 0.15) is 0 Å². The number of nitrogens with two attached hydrogens (primary N) is 4. The van der Waals surface area contributed by atoms with Crippen molar-refractivity contribution in [3.8, 4) is 0 Å². The molecule has 0 rings (SSSR count). The molecule has 0 saturated heterocycles. The maximum Gasteiger partial charge on any atom is 0.481 e. The van der Waals surface area contributed by atoms with E-state index >= 15 is 0 Å². The summed E-state index contributed by atoms with van der Waals surface area (Å²) in [4.78, 5) is 49.6.